The van der Waals surface area contributed by atoms with E-state index in [1.165, 1.54) is 11.9 Å². The maximum absolute atomic E-state index is 11.6. The van der Waals surface area contributed by atoms with E-state index in [4.69, 9.17) is 9.84 Å². The second kappa shape index (κ2) is 4.41. The van der Waals surface area contributed by atoms with E-state index >= 15 is 0 Å². The molecule has 2 unspecified atom stereocenters. The first-order valence-corrected chi connectivity index (χ1v) is 4.60. The van der Waals surface area contributed by atoms with Gasteiger partial charge in [-0.3, -0.25) is 9.59 Å². The van der Waals surface area contributed by atoms with Gasteiger partial charge in [0.15, 0.2) is 0 Å². The Labute approximate surface area is 82.6 Å². The van der Waals surface area contributed by atoms with Gasteiger partial charge in [0, 0.05) is 13.7 Å². The lowest BCUT2D eigenvalue weighted by Crippen LogP contribution is -2.41. The van der Waals surface area contributed by atoms with Crippen molar-refractivity contribution in [2.75, 3.05) is 20.2 Å². The summed E-state index contributed by atoms with van der Waals surface area (Å²) in [5.41, 5.74) is 0. The van der Waals surface area contributed by atoms with Gasteiger partial charge >= 0.3 is 5.97 Å². The molecule has 0 aromatic carbocycles. The van der Waals surface area contributed by atoms with Crippen LogP contribution in [0.4, 0.5) is 0 Å². The molecule has 0 aromatic rings. The fourth-order valence-corrected chi connectivity index (χ4v) is 1.51. The van der Waals surface area contributed by atoms with Crippen molar-refractivity contribution in [2.45, 2.75) is 19.4 Å². The van der Waals surface area contributed by atoms with Crippen molar-refractivity contribution in [1.29, 1.82) is 0 Å². The molecule has 1 aliphatic rings. The number of rotatable bonds is 3. The van der Waals surface area contributed by atoms with Crippen LogP contribution in [0.2, 0.25) is 0 Å². The van der Waals surface area contributed by atoms with Crippen LogP contribution >= 0.6 is 0 Å². The molecule has 1 N–H and O–H groups in total. The molecule has 0 radical (unpaired) electrons. The number of aliphatic carboxylic acids is 1. The molecule has 5 nitrogen and oxygen atoms in total. The van der Waals surface area contributed by atoms with E-state index in [-0.39, 0.29) is 18.4 Å². The number of likely N-dealkylation sites (N-methyl/N-ethyl adjacent to an activating group) is 1. The van der Waals surface area contributed by atoms with Gasteiger partial charge in [-0.05, 0) is 12.3 Å². The maximum Gasteiger partial charge on any atom is 0.323 e. The highest BCUT2D eigenvalue weighted by Gasteiger charge is 2.33. The Kier molecular flexibility index (Phi) is 3.46. The third kappa shape index (κ3) is 2.45. The Morgan fingerprint density at radius 3 is 2.64 bits per heavy atom. The summed E-state index contributed by atoms with van der Waals surface area (Å²) in [7, 11) is 1.48. The number of hydrogen-bond donors (Lipinski definition) is 1. The summed E-state index contributed by atoms with van der Waals surface area (Å²) in [6.07, 6.45) is 0.400. The second-order valence-corrected chi connectivity index (χ2v) is 3.65. The van der Waals surface area contributed by atoms with Gasteiger partial charge in [0.1, 0.15) is 12.6 Å². The molecular weight excluding hydrogens is 186 g/mol. The van der Waals surface area contributed by atoms with Crippen LogP contribution in [-0.2, 0) is 14.3 Å². The van der Waals surface area contributed by atoms with Crippen LogP contribution in [0.1, 0.15) is 13.3 Å². The molecule has 0 bridgehead atoms. The van der Waals surface area contributed by atoms with Crippen molar-refractivity contribution in [3.63, 3.8) is 0 Å². The second-order valence-electron chi connectivity index (χ2n) is 3.65. The molecule has 80 valence electrons. The molecule has 2 atom stereocenters. The maximum atomic E-state index is 11.6. The van der Waals surface area contributed by atoms with E-state index in [1.54, 1.807) is 0 Å². The summed E-state index contributed by atoms with van der Waals surface area (Å²) < 4.78 is 5.25. The van der Waals surface area contributed by atoms with E-state index in [2.05, 4.69) is 0 Å². The highest BCUT2D eigenvalue weighted by atomic mass is 16.5. The average molecular weight is 201 g/mol. The van der Waals surface area contributed by atoms with E-state index < -0.39 is 12.1 Å². The van der Waals surface area contributed by atoms with Gasteiger partial charge in [-0.1, -0.05) is 6.92 Å². The lowest BCUT2D eigenvalue weighted by atomic mass is 10.0. The molecular formula is C9H15NO4. The number of carboxylic acid groups (broad SMARTS) is 1. The summed E-state index contributed by atoms with van der Waals surface area (Å²) in [6.45, 7) is 2.24. The topological polar surface area (TPSA) is 66.8 Å². The number of ether oxygens (including phenoxy) is 1. The Morgan fingerprint density at radius 1 is 1.57 bits per heavy atom. The largest absolute Gasteiger partial charge is 0.480 e. The highest BCUT2D eigenvalue weighted by molar-refractivity contribution is 5.84. The molecule has 1 rings (SSSR count). The molecule has 0 aromatic heterocycles. The van der Waals surface area contributed by atoms with Crippen LogP contribution in [-0.4, -0.2) is 48.2 Å². The first kappa shape index (κ1) is 11.0. The first-order valence-electron chi connectivity index (χ1n) is 4.60. The molecule has 1 saturated heterocycles. The van der Waals surface area contributed by atoms with Crippen molar-refractivity contribution in [1.82, 2.24) is 4.90 Å². The average Bonchev–Trinajstić information content (AvgIpc) is 2.48. The van der Waals surface area contributed by atoms with Gasteiger partial charge in [0.25, 0.3) is 5.91 Å². The van der Waals surface area contributed by atoms with Crippen molar-refractivity contribution >= 4 is 11.9 Å². The Morgan fingerprint density at radius 2 is 2.21 bits per heavy atom. The number of carbonyl (C=O) groups excluding carboxylic acids is 1. The zero-order valence-corrected chi connectivity index (χ0v) is 8.40. The van der Waals surface area contributed by atoms with Crippen molar-refractivity contribution in [3.05, 3.63) is 0 Å². The van der Waals surface area contributed by atoms with Crippen LogP contribution in [0.15, 0.2) is 0 Å². The van der Waals surface area contributed by atoms with E-state index in [1.807, 2.05) is 6.92 Å². The minimum Gasteiger partial charge on any atom is -0.480 e. The number of amides is 1. The van der Waals surface area contributed by atoms with Gasteiger partial charge < -0.3 is 14.7 Å². The molecule has 14 heavy (non-hydrogen) atoms. The predicted octanol–water partition coefficient (Wildman–Crippen LogP) is -0.0456. The minimum absolute atomic E-state index is 0.179. The smallest absolute Gasteiger partial charge is 0.323 e. The monoisotopic (exact) mass is 201 g/mol. The number of carbonyl (C=O) groups is 2. The lowest BCUT2D eigenvalue weighted by molar-refractivity contribution is -0.148. The summed E-state index contributed by atoms with van der Waals surface area (Å²) in [6, 6.07) is 0. The summed E-state index contributed by atoms with van der Waals surface area (Å²) in [4.78, 5) is 23.2. The van der Waals surface area contributed by atoms with Crippen LogP contribution in [0.5, 0.6) is 0 Å². The van der Waals surface area contributed by atoms with Gasteiger partial charge in [-0.25, -0.2) is 0 Å². The standard InChI is InChI=1S/C9H15NO4/c1-6-3-4-14-8(6)9(13)10(2)5-7(11)12/h6,8H,3-5H2,1-2H3,(H,11,12). The number of carboxylic acids is 1. The van der Waals surface area contributed by atoms with Crippen LogP contribution in [0, 0.1) is 5.92 Å². The highest BCUT2D eigenvalue weighted by Crippen LogP contribution is 2.21. The predicted molar refractivity (Wildman–Crippen MR) is 48.8 cm³/mol. The Bertz CT molecular complexity index is 241. The quantitative estimate of drug-likeness (QED) is 0.695. The Hall–Kier alpha value is -1.10. The Balaban J connectivity index is 2.51. The fraction of sp³-hybridized carbons (Fsp3) is 0.778. The first-order chi connectivity index (χ1) is 6.52. The van der Waals surface area contributed by atoms with E-state index in [0.717, 1.165) is 6.42 Å². The zero-order valence-electron chi connectivity index (χ0n) is 8.40. The van der Waals surface area contributed by atoms with Gasteiger partial charge in [0.2, 0.25) is 0 Å². The van der Waals surface area contributed by atoms with E-state index in [9.17, 15) is 9.59 Å². The third-order valence-corrected chi connectivity index (χ3v) is 2.38. The molecule has 0 spiro atoms. The van der Waals surface area contributed by atoms with Crippen LogP contribution in [0.25, 0.3) is 0 Å². The van der Waals surface area contributed by atoms with Crippen LogP contribution < -0.4 is 0 Å². The van der Waals surface area contributed by atoms with Gasteiger partial charge in [-0.2, -0.15) is 0 Å². The van der Waals surface area contributed by atoms with Gasteiger partial charge in [-0.15, -0.1) is 0 Å². The molecule has 0 aliphatic carbocycles. The molecule has 1 aliphatic heterocycles. The van der Waals surface area contributed by atoms with E-state index in [0.29, 0.717) is 6.61 Å². The molecule has 5 heteroatoms. The zero-order chi connectivity index (χ0) is 10.7. The summed E-state index contributed by atoms with van der Waals surface area (Å²) in [5, 5.41) is 8.51. The molecule has 1 fully saturated rings. The summed E-state index contributed by atoms with van der Waals surface area (Å²) >= 11 is 0. The van der Waals surface area contributed by atoms with Crippen molar-refractivity contribution in [2.24, 2.45) is 5.92 Å². The fourth-order valence-electron chi connectivity index (χ4n) is 1.51. The summed E-state index contributed by atoms with van der Waals surface area (Å²) in [5.74, 6) is -1.07. The van der Waals surface area contributed by atoms with Crippen molar-refractivity contribution in [3.8, 4) is 0 Å². The normalized spacial score (nSPS) is 26.1. The van der Waals surface area contributed by atoms with Gasteiger partial charge in [0.05, 0.1) is 0 Å². The number of nitrogens with zero attached hydrogens (tertiary/aromatic N) is 1. The molecule has 1 heterocycles. The van der Waals surface area contributed by atoms with Crippen molar-refractivity contribution < 1.29 is 19.4 Å². The third-order valence-electron chi connectivity index (χ3n) is 2.38. The SMILES string of the molecule is CC1CCOC1C(=O)N(C)CC(=O)O. The minimum atomic E-state index is -1.01. The molecule has 0 saturated carbocycles. The lowest BCUT2D eigenvalue weighted by Gasteiger charge is -2.20. The number of hydrogen-bond acceptors (Lipinski definition) is 3. The molecule has 1 amide bonds. The van der Waals surface area contributed by atoms with Crippen LogP contribution in [0.3, 0.4) is 0 Å².